The zero-order chi connectivity index (χ0) is 51.4. The quantitative estimate of drug-likeness (QED) is 0.0449. The molecule has 0 unspecified atom stereocenters. The maximum Gasteiger partial charge on any atom is 0.377 e. The number of carboxylic acids is 1. The number of nitrogens with zero attached hydrogens (tertiary/aromatic N) is 4. The van der Waals surface area contributed by atoms with Crippen molar-refractivity contribution in [3.8, 4) is 11.5 Å². The van der Waals surface area contributed by atoms with Crippen LogP contribution in [0, 0.1) is 0 Å². The average molecular weight is 1040 g/mol. The number of carbonyl (C=O) groups excluding carboxylic acids is 3. The molecule has 15 nitrogen and oxygen atoms in total. The third-order valence-electron chi connectivity index (χ3n) is 14.3. The van der Waals surface area contributed by atoms with Crippen LogP contribution in [0.3, 0.4) is 0 Å². The van der Waals surface area contributed by atoms with Crippen LogP contribution in [0.25, 0.3) is 0 Å². The first-order chi connectivity index (χ1) is 35.3. The second kappa shape index (κ2) is 25.8. The predicted octanol–water partition coefficient (Wildman–Crippen LogP) is 7.87. The molecule has 0 spiro atoms. The second-order valence-electron chi connectivity index (χ2n) is 20.1. The topological polar surface area (TPSA) is 198 Å². The van der Waals surface area contributed by atoms with Gasteiger partial charge in [0.05, 0.1) is 34.4 Å². The van der Waals surface area contributed by atoms with E-state index in [2.05, 4.69) is 24.9 Å². The summed E-state index contributed by atoms with van der Waals surface area (Å²) in [4.78, 5) is 56.6. The number of halogens is 2. The zero-order valence-corrected chi connectivity index (χ0v) is 43.0. The molecule has 4 aliphatic heterocycles. The largest absolute Gasteiger partial charge is 0.489 e. The Hall–Kier alpha value is -5.26. The Bertz CT molecular complexity index is 2480. The number of carboxylic acid groups (broad SMARTS) is 1. The van der Waals surface area contributed by atoms with E-state index in [0.717, 1.165) is 114 Å². The molecule has 0 radical (unpaired) electrons. The molecule has 4 atom stereocenters. The van der Waals surface area contributed by atoms with Gasteiger partial charge in [-0.2, -0.15) is 0 Å². The van der Waals surface area contributed by atoms with E-state index in [-0.39, 0.29) is 17.7 Å². The molecule has 4 aromatic carbocycles. The van der Waals surface area contributed by atoms with Crippen LogP contribution in [0.1, 0.15) is 121 Å². The molecule has 4 saturated heterocycles. The van der Waals surface area contributed by atoms with Gasteiger partial charge in [0.15, 0.2) is 0 Å². The molecule has 6 fully saturated rings. The second-order valence-corrected chi connectivity index (χ2v) is 20.9. The number of rotatable bonds is 19. The molecule has 73 heavy (non-hydrogen) atoms. The standard InChI is InChI=1S/C28H34ClN3O4.C16H23ClN2O2.C12H13NO3/c29-23-17-20(7-12-25(23)36-22-10-11-22)26(33)24(18-31-13-1-2-14-31)30-28(35)27(34)19-5-8-21(9-6-19)32-15-3-4-16-32;17-13-9-11(3-6-15(13)21-12-4-5-12)16(20)14(18)10-19-7-1-2-8-19;14-11(12(15)16)9-3-5-10(6-4-9)13-7-1-2-8-13/h5-9,12,17,22,24,26,33H,1-4,10-11,13-16,18H2,(H,30,35);3,6,9,12,14,16,20H,1-2,4-5,7-8,10,18H2;3-6H,1-2,7-8H2,(H,15,16)/t24-,26-;14-,16-;/m11./s1. The first-order valence-electron chi connectivity index (χ1n) is 26.1. The van der Waals surface area contributed by atoms with E-state index in [4.69, 9.17) is 43.5 Å². The minimum Gasteiger partial charge on any atom is -0.489 e. The first kappa shape index (κ1) is 54.0. The number of aliphatic carboxylic acids is 1. The fourth-order valence-corrected chi connectivity index (χ4v) is 10.2. The van der Waals surface area contributed by atoms with Crippen LogP contribution in [0.2, 0.25) is 10.0 Å². The number of amides is 1. The molecular formula is C56H70Cl2N6O9. The third kappa shape index (κ3) is 15.4. The Labute approximate surface area is 438 Å². The predicted molar refractivity (Wildman–Crippen MR) is 283 cm³/mol. The number of aliphatic hydroxyl groups is 2. The highest BCUT2D eigenvalue weighted by molar-refractivity contribution is 6.43. The van der Waals surface area contributed by atoms with Crippen molar-refractivity contribution in [2.24, 2.45) is 5.73 Å². The third-order valence-corrected chi connectivity index (χ3v) is 14.8. The average Bonchev–Trinajstić information content (AvgIpc) is 3.95. The number of aliphatic hydroxyl groups excluding tert-OH is 2. The SMILES string of the molecule is N[C@H](CN1CCCC1)[C@H](O)c1ccc(OC2CC2)c(Cl)c1.O=C(N[C@H](CN1CCCC1)[C@H](O)c1ccc(OC2CC2)c(Cl)c1)C(=O)c1ccc(N2CCCC2)cc1.O=C(O)C(=O)c1ccc(N2CCCC2)cc1. The van der Waals surface area contributed by atoms with Crippen LogP contribution in [0.15, 0.2) is 84.9 Å². The lowest BCUT2D eigenvalue weighted by atomic mass is 10.0. The van der Waals surface area contributed by atoms with E-state index in [9.17, 15) is 29.4 Å². The van der Waals surface area contributed by atoms with Crippen molar-refractivity contribution >= 4 is 58.0 Å². The lowest BCUT2D eigenvalue weighted by molar-refractivity contribution is -0.131. The molecule has 17 heteroatoms. The zero-order valence-electron chi connectivity index (χ0n) is 41.5. The van der Waals surface area contributed by atoms with E-state index in [1.54, 1.807) is 48.5 Å². The Morgan fingerprint density at radius 2 is 0.959 bits per heavy atom. The number of anilines is 2. The van der Waals surface area contributed by atoms with E-state index < -0.39 is 41.7 Å². The van der Waals surface area contributed by atoms with Crippen molar-refractivity contribution in [2.75, 3.05) is 75.2 Å². The maximum absolute atomic E-state index is 13.0. The van der Waals surface area contributed by atoms with Gasteiger partial charge in [0.1, 0.15) is 17.6 Å². The van der Waals surface area contributed by atoms with Crippen molar-refractivity contribution in [1.29, 1.82) is 0 Å². The Morgan fingerprint density at radius 1 is 0.562 bits per heavy atom. The van der Waals surface area contributed by atoms with Gasteiger partial charge >= 0.3 is 5.97 Å². The summed E-state index contributed by atoms with van der Waals surface area (Å²) in [5.74, 6) is -2.28. The van der Waals surface area contributed by atoms with E-state index >= 15 is 0 Å². The minimum absolute atomic E-state index is 0.218. The minimum atomic E-state index is -1.41. The lowest BCUT2D eigenvalue weighted by Gasteiger charge is -2.28. The molecule has 4 heterocycles. The highest BCUT2D eigenvalue weighted by atomic mass is 35.5. The molecule has 10 rings (SSSR count). The van der Waals surface area contributed by atoms with Crippen molar-refractivity contribution in [3.05, 3.63) is 117 Å². The van der Waals surface area contributed by atoms with Crippen LogP contribution < -0.4 is 30.3 Å². The monoisotopic (exact) mass is 1040 g/mol. The Morgan fingerprint density at radius 3 is 1.37 bits per heavy atom. The number of nitrogens with two attached hydrogens (primary N) is 1. The van der Waals surface area contributed by atoms with Crippen molar-refractivity contribution in [2.45, 2.75) is 114 Å². The van der Waals surface area contributed by atoms with Gasteiger partial charge in [-0.1, -0.05) is 35.3 Å². The van der Waals surface area contributed by atoms with Gasteiger partial charge in [0, 0.05) is 67.8 Å². The summed E-state index contributed by atoms with van der Waals surface area (Å²) in [6.07, 6.45) is 12.4. The van der Waals surface area contributed by atoms with Gasteiger partial charge < -0.3 is 55.4 Å². The highest BCUT2D eigenvalue weighted by Crippen LogP contribution is 2.36. The number of carbonyl (C=O) groups is 4. The number of hydrogen-bond acceptors (Lipinski definition) is 13. The molecule has 6 N–H and O–H groups in total. The summed E-state index contributed by atoms with van der Waals surface area (Å²) >= 11 is 12.7. The van der Waals surface area contributed by atoms with Gasteiger partial charge in [-0.05, 0) is 187 Å². The molecule has 1 amide bonds. The summed E-state index contributed by atoms with van der Waals surface area (Å²) in [7, 11) is 0. The van der Waals surface area contributed by atoms with Crippen LogP contribution >= 0.6 is 23.2 Å². The van der Waals surface area contributed by atoms with E-state index in [0.29, 0.717) is 45.3 Å². The fourth-order valence-electron chi connectivity index (χ4n) is 9.72. The molecule has 4 aromatic rings. The molecule has 0 aromatic heterocycles. The molecule has 2 aliphatic carbocycles. The molecule has 392 valence electrons. The number of benzene rings is 4. The van der Waals surface area contributed by atoms with Crippen molar-refractivity contribution in [3.63, 3.8) is 0 Å². The summed E-state index contributed by atoms with van der Waals surface area (Å²) in [5.41, 5.74) is 10.2. The fraction of sp³-hybridized carbons (Fsp3) is 0.500. The van der Waals surface area contributed by atoms with Crippen LogP contribution in [-0.2, 0) is 9.59 Å². The van der Waals surface area contributed by atoms with Crippen LogP contribution in [0.5, 0.6) is 11.5 Å². The smallest absolute Gasteiger partial charge is 0.377 e. The lowest BCUT2D eigenvalue weighted by Crippen LogP contribution is -2.48. The summed E-state index contributed by atoms with van der Waals surface area (Å²) in [5, 5.41) is 34.0. The Kier molecular flexibility index (Phi) is 19.1. The number of ether oxygens (including phenoxy) is 2. The normalized spacial score (nSPS) is 19.5. The first-order valence-corrected chi connectivity index (χ1v) is 26.9. The molecule has 2 saturated carbocycles. The van der Waals surface area contributed by atoms with Gasteiger partial charge in [-0.3, -0.25) is 14.4 Å². The summed E-state index contributed by atoms with van der Waals surface area (Å²) < 4.78 is 11.5. The molecule has 6 aliphatic rings. The Balaban J connectivity index is 0.000000162. The highest BCUT2D eigenvalue weighted by Gasteiger charge is 2.31. The maximum atomic E-state index is 13.0. The van der Waals surface area contributed by atoms with Crippen LogP contribution in [0.4, 0.5) is 11.4 Å². The van der Waals surface area contributed by atoms with Crippen LogP contribution in [-0.4, -0.2) is 138 Å². The van der Waals surface area contributed by atoms with Gasteiger partial charge in [-0.15, -0.1) is 0 Å². The number of hydrogen-bond donors (Lipinski definition) is 5. The number of ketones is 2. The molecule has 0 bridgehead atoms. The van der Waals surface area contributed by atoms with Gasteiger partial charge in [0.2, 0.25) is 5.78 Å². The number of nitrogens with one attached hydrogen (secondary N) is 1. The summed E-state index contributed by atoms with van der Waals surface area (Å²) in [6, 6.07) is 23.7. The van der Waals surface area contributed by atoms with Gasteiger partial charge in [0.25, 0.3) is 11.7 Å². The summed E-state index contributed by atoms with van der Waals surface area (Å²) in [6.45, 7) is 9.23. The van der Waals surface area contributed by atoms with Crippen molar-refractivity contribution < 1.29 is 44.0 Å². The number of Topliss-reactive ketones (excluding diaryl/α,β-unsaturated/α-hetero) is 2. The molecular weight excluding hydrogens is 972 g/mol. The van der Waals surface area contributed by atoms with E-state index in [1.807, 2.05) is 36.4 Å². The van der Waals surface area contributed by atoms with Crippen molar-refractivity contribution in [1.82, 2.24) is 15.1 Å². The number of likely N-dealkylation sites (tertiary alicyclic amines) is 2. The van der Waals surface area contributed by atoms with E-state index in [1.165, 1.54) is 38.5 Å². The van der Waals surface area contributed by atoms with Gasteiger partial charge in [-0.25, -0.2) is 4.79 Å².